The number of aromatic nitrogens is 1. The predicted molar refractivity (Wildman–Crippen MR) is 158 cm³/mol. The first-order valence-corrected chi connectivity index (χ1v) is 14.2. The molecule has 1 aromatic carbocycles. The van der Waals surface area contributed by atoms with Gasteiger partial charge in [0, 0.05) is 43.8 Å². The summed E-state index contributed by atoms with van der Waals surface area (Å²) in [5.41, 5.74) is 1.61. The van der Waals surface area contributed by atoms with E-state index in [2.05, 4.69) is 20.9 Å². The molecule has 4 amide bonds. The number of hydrogen-bond donors (Lipinski definition) is 3. The van der Waals surface area contributed by atoms with Crippen molar-refractivity contribution < 1.29 is 23.6 Å². The fraction of sp³-hybridized carbons (Fsp3) is 0.400. The fourth-order valence-corrected chi connectivity index (χ4v) is 5.20. The van der Waals surface area contributed by atoms with Crippen LogP contribution in [0.2, 0.25) is 0 Å². The minimum absolute atomic E-state index is 0.0306. The number of rotatable bonds is 6. The van der Waals surface area contributed by atoms with E-state index in [1.54, 1.807) is 11.0 Å². The summed E-state index contributed by atoms with van der Waals surface area (Å²) < 4.78 is 5.67. The summed E-state index contributed by atoms with van der Waals surface area (Å²) in [6.07, 6.45) is 5.32. The van der Waals surface area contributed by atoms with Gasteiger partial charge < -0.3 is 24.9 Å². The average Bonchev–Trinajstić information content (AvgIpc) is 3.59. The summed E-state index contributed by atoms with van der Waals surface area (Å²) in [6, 6.07) is 9.68. The number of carbonyl (C=O) groups excluding carboxylic acids is 4. The number of amides is 4. The molecule has 2 fully saturated rings. The van der Waals surface area contributed by atoms with E-state index in [0.717, 1.165) is 55.5 Å². The van der Waals surface area contributed by atoms with Crippen molar-refractivity contribution in [2.75, 3.05) is 36.8 Å². The molecule has 5 rings (SSSR count). The van der Waals surface area contributed by atoms with E-state index >= 15 is 0 Å². The Morgan fingerprint density at radius 1 is 1.02 bits per heavy atom. The van der Waals surface area contributed by atoms with Crippen LogP contribution in [0.15, 0.2) is 52.0 Å². The number of benzene rings is 1. The minimum atomic E-state index is -0.776. The van der Waals surface area contributed by atoms with E-state index in [1.165, 1.54) is 25.3 Å². The quantitative estimate of drug-likeness (QED) is 0.303. The summed E-state index contributed by atoms with van der Waals surface area (Å²) in [6.45, 7) is 5.21. The minimum Gasteiger partial charge on any atom is -0.461 e. The SMILES string of the molecule is CC(=O)Nc1ccc(C(=O)NC(=N[C@H]2CCCCN(CC(=O)N3CCCC3)C2=O)Nc2ccc3oc(C)cc3c2)cn1. The molecule has 2 aliphatic rings. The molecule has 2 aromatic heterocycles. The third kappa shape index (κ3) is 7.12. The number of furan rings is 1. The Balaban J connectivity index is 1.38. The van der Waals surface area contributed by atoms with Gasteiger partial charge in [0.25, 0.3) is 5.91 Å². The van der Waals surface area contributed by atoms with Gasteiger partial charge >= 0.3 is 0 Å². The normalized spacial score (nSPS) is 17.7. The Morgan fingerprint density at radius 3 is 2.55 bits per heavy atom. The van der Waals surface area contributed by atoms with Gasteiger partial charge in [0.2, 0.25) is 23.7 Å². The molecular formula is C30H35N7O5. The van der Waals surface area contributed by atoms with Crippen molar-refractivity contribution in [1.82, 2.24) is 20.1 Å². The van der Waals surface area contributed by atoms with Gasteiger partial charge in [-0.15, -0.1) is 0 Å². The summed E-state index contributed by atoms with van der Waals surface area (Å²) in [5, 5.41) is 9.39. The van der Waals surface area contributed by atoms with Crippen LogP contribution in [0.25, 0.3) is 11.0 Å². The highest BCUT2D eigenvalue weighted by Crippen LogP contribution is 2.23. The highest BCUT2D eigenvalue weighted by Gasteiger charge is 2.30. The zero-order valence-electron chi connectivity index (χ0n) is 23.8. The number of nitrogens with one attached hydrogen (secondary N) is 3. The second-order valence-electron chi connectivity index (χ2n) is 10.6. The number of carbonyl (C=O) groups is 4. The van der Waals surface area contributed by atoms with Crippen LogP contribution in [0.1, 0.15) is 55.1 Å². The fourth-order valence-electron chi connectivity index (χ4n) is 5.20. The molecule has 0 unspecified atom stereocenters. The van der Waals surface area contributed by atoms with Crippen molar-refractivity contribution >= 4 is 52.1 Å². The van der Waals surface area contributed by atoms with Crippen LogP contribution >= 0.6 is 0 Å². The standard InChI is InChI=1S/C30H35N7O5/c1-19-15-22-16-23(9-10-25(22)42-19)33-30(35-28(40)21-8-11-26(31-17-21)32-20(2)38)34-24-7-3-4-14-37(29(24)41)18-27(39)36-12-5-6-13-36/h8-11,15-17,24H,3-7,12-14,18H2,1-2H3,(H,31,32,38)(H2,33,34,35,40)/t24-/m0/s1. The molecule has 0 spiro atoms. The average molecular weight is 574 g/mol. The Bertz CT molecular complexity index is 1510. The van der Waals surface area contributed by atoms with Gasteiger partial charge in [-0.2, -0.15) is 0 Å². The maximum atomic E-state index is 13.6. The zero-order chi connectivity index (χ0) is 29.6. The Morgan fingerprint density at radius 2 is 1.81 bits per heavy atom. The molecule has 220 valence electrons. The summed E-state index contributed by atoms with van der Waals surface area (Å²) in [5.74, 6) is 0.135. The van der Waals surface area contributed by atoms with Crippen LogP contribution < -0.4 is 16.0 Å². The molecule has 1 atom stereocenters. The molecule has 42 heavy (non-hydrogen) atoms. The van der Waals surface area contributed by atoms with Crippen molar-refractivity contribution in [2.45, 2.75) is 52.0 Å². The summed E-state index contributed by atoms with van der Waals surface area (Å²) in [4.78, 5) is 63.2. The lowest BCUT2D eigenvalue weighted by atomic mass is 10.1. The third-order valence-electron chi connectivity index (χ3n) is 7.29. The van der Waals surface area contributed by atoms with Crippen molar-refractivity contribution in [3.63, 3.8) is 0 Å². The van der Waals surface area contributed by atoms with Crippen LogP contribution in [0.3, 0.4) is 0 Å². The lowest BCUT2D eigenvalue weighted by Gasteiger charge is -2.25. The highest BCUT2D eigenvalue weighted by molar-refractivity contribution is 6.11. The van der Waals surface area contributed by atoms with Crippen LogP contribution in [-0.4, -0.2) is 76.6 Å². The number of anilines is 2. The van der Waals surface area contributed by atoms with Gasteiger partial charge in [-0.3, -0.25) is 24.5 Å². The van der Waals surface area contributed by atoms with E-state index in [9.17, 15) is 19.2 Å². The monoisotopic (exact) mass is 573 g/mol. The summed E-state index contributed by atoms with van der Waals surface area (Å²) in [7, 11) is 0. The number of hydrogen-bond acceptors (Lipinski definition) is 7. The first kappa shape index (κ1) is 28.8. The Hall–Kier alpha value is -4.74. The largest absolute Gasteiger partial charge is 0.461 e. The summed E-state index contributed by atoms with van der Waals surface area (Å²) >= 11 is 0. The van der Waals surface area contributed by atoms with Gasteiger partial charge in [-0.05, 0) is 75.4 Å². The van der Waals surface area contributed by atoms with Crippen LogP contribution in [0.5, 0.6) is 0 Å². The maximum Gasteiger partial charge on any atom is 0.259 e. The number of pyridine rings is 1. The third-order valence-corrected chi connectivity index (χ3v) is 7.29. The molecule has 4 heterocycles. The van der Waals surface area contributed by atoms with Crippen molar-refractivity contribution in [1.29, 1.82) is 0 Å². The Labute approximate surface area is 243 Å². The van der Waals surface area contributed by atoms with E-state index in [1.807, 2.05) is 30.0 Å². The Kier molecular flexibility index (Phi) is 8.80. The highest BCUT2D eigenvalue weighted by atomic mass is 16.3. The van der Waals surface area contributed by atoms with Gasteiger partial charge in [0.05, 0.1) is 12.1 Å². The molecule has 2 saturated heterocycles. The lowest BCUT2D eigenvalue weighted by molar-refractivity contribution is -0.140. The zero-order valence-corrected chi connectivity index (χ0v) is 23.8. The predicted octanol–water partition coefficient (Wildman–Crippen LogP) is 3.30. The molecule has 12 heteroatoms. The van der Waals surface area contributed by atoms with Gasteiger partial charge in [-0.25, -0.2) is 9.98 Å². The molecule has 0 saturated carbocycles. The number of likely N-dealkylation sites (tertiary alicyclic amines) is 2. The van der Waals surface area contributed by atoms with Crippen LogP contribution in [0, 0.1) is 6.92 Å². The van der Waals surface area contributed by atoms with Gasteiger partial charge in [0.1, 0.15) is 23.2 Å². The number of nitrogens with zero attached hydrogens (tertiary/aromatic N) is 4. The first-order valence-electron chi connectivity index (χ1n) is 14.2. The van der Waals surface area contributed by atoms with Gasteiger partial charge in [-0.1, -0.05) is 0 Å². The topological polar surface area (TPSA) is 149 Å². The van der Waals surface area contributed by atoms with Crippen molar-refractivity contribution in [3.05, 3.63) is 53.9 Å². The molecule has 0 radical (unpaired) electrons. The number of aliphatic imine (C=N–C) groups is 1. The first-order chi connectivity index (χ1) is 20.2. The van der Waals surface area contributed by atoms with E-state index in [0.29, 0.717) is 24.5 Å². The number of fused-ring (bicyclic) bond motifs is 1. The molecular weight excluding hydrogens is 538 g/mol. The van der Waals surface area contributed by atoms with E-state index in [-0.39, 0.29) is 35.8 Å². The molecule has 0 bridgehead atoms. The van der Waals surface area contributed by atoms with Crippen LogP contribution in [0.4, 0.5) is 11.5 Å². The molecule has 0 aliphatic carbocycles. The van der Waals surface area contributed by atoms with E-state index < -0.39 is 11.9 Å². The molecule has 12 nitrogen and oxygen atoms in total. The second kappa shape index (κ2) is 12.8. The number of aryl methyl sites for hydroxylation is 1. The molecule has 2 aliphatic heterocycles. The van der Waals surface area contributed by atoms with Crippen molar-refractivity contribution in [3.8, 4) is 0 Å². The van der Waals surface area contributed by atoms with E-state index in [4.69, 9.17) is 9.41 Å². The van der Waals surface area contributed by atoms with Crippen molar-refractivity contribution in [2.24, 2.45) is 4.99 Å². The molecule has 3 aromatic rings. The lowest BCUT2D eigenvalue weighted by Crippen LogP contribution is -2.45. The smallest absolute Gasteiger partial charge is 0.259 e. The molecule has 3 N–H and O–H groups in total. The van der Waals surface area contributed by atoms with Crippen LogP contribution in [-0.2, 0) is 14.4 Å². The van der Waals surface area contributed by atoms with Gasteiger partial charge in [0.15, 0.2) is 0 Å². The number of guanidine groups is 1. The second-order valence-corrected chi connectivity index (χ2v) is 10.6. The maximum absolute atomic E-state index is 13.6.